The molecule has 0 aliphatic carbocycles. The molecule has 5 rings (SSSR count). The Bertz CT molecular complexity index is 1530. The first-order valence-electron chi connectivity index (χ1n) is 11.9. The number of rotatable bonds is 6. The summed E-state index contributed by atoms with van der Waals surface area (Å²) >= 11 is 8.49. The second kappa shape index (κ2) is 10.3. The molecule has 1 unspecified atom stereocenters. The van der Waals surface area contributed by atoms with Gasteiger partial charge in [-0.2, -0.15) is 0 Å². The number of para-hydroxylation sites is 1. The van der Waals surface area contributed by atoms with Crippen molar-refractivity contribution >= 4 is 52.5 Å². The Morgan fingerprint density at radius 3 is 2.41 bits per heavy atom. The van der Waals surface area contributed by atoms with E-state index in [2.05, 4.69) is 26.8 Å². The van der Waals surface area contributed by atoms with Crippen LogP contribution in [-0.4, -0.2) is 28.3 Å². The van der Waals surface area contributed by atoms with Gasteiger partial charge >= 0.3 is 0 Å². The Hall–Kier alpha value is -3.20. The molecule has 2 heterocycles. The highest BCUT2D eigenvalue weighted by Crippen LogP contribution is 2.45. The summed E-state index contributed by atoms with van der Waals surface area (Å²) in [5, 5.41) is 4.28. The molecule has 188 valence electrons. The van der Waals surface area contributed by atoms with Gasteiger partial charge in [0.25, 0.3) is 0 Å². The molecule has 8 heteroatoms. The van der Waals surface area contributed by atoms with Crippen molar-refractivity contribution in [3.8, 4) is 11.4 Å². The van der Waals surface area contributed by atoms with Gasteiger partial charge in [0.15, 0.2) is 8.29 Å². The van der Waals surface area contributed by atoms with Crippen molar-refractivity contribution in [1.82, 2.24) is 9.78 Å². The second-order valence-corrected chi connectivity index (χ2v) is 12.3. The summed E-state index contributed by atoms with van der Waals surface area (Å²) in [4.78, 5) is 16.4. The lowest BCUT2D eigenvalue weighted by Gasteiger charge is -2.43. The molecule has 0 spiro atoms. The SMILES string of the molecule is COc1ccc2c(c1)C(C)=CC(C)(C)N2C(=O)C(Sc1nn(-c2ccccc2)c(=S)s1)c1ccccc1. The average molecular weight is 546 g/mol. The van der Waals surface area contributed by atoms with Crippen molar-refractivity contribution in [3.63, 3.8) is 0 Å². The molecule has 1 atom stereocenters. The van der Waals surface area contributed by atoms with Crippen LogP contribution < -0.4 is 9.64 Å². The van der Waals surface area contributed by atoms with E-state index in [4.69, 9.17) is 22.1 Å². The van der Waals surface area contributed by atoms with Crippen LogP contribution in [0.2, 0.25) is 0 Å². The van der Waals surface area contributed by atoms with E-state index in [9.17, 15) is 4.79 Å². The molecule has 0 bridgehead atoms. The number of hydrogen-bond donors (Lipinski definition) is 0. The third-order valence-electron chi connectivity index (χ3n) is 6.31. The topological polar surface area (TPSA) is 47.4 Å². The summed E-state index contributed by atoms with van der Waals surface area (Å²) in [6.07, 6.45) is 2.15. The lowest BCUT2D eigenvalue weighted by Crippen LogP contribution is -2.50. The number of ether oxygens (including phenoxy) is 1. The Balaban J connectivity index is 1.57. The molecule has 3 aromatic carbocycles. The lowest BCUT2D eigenvalue weighted by atomic mass is 9.88. The fourth-order valence-corrected chi connectivity index (χ4v) is 7.28. The number of hydrogen-bond acceptors (Lipinski definition) is 6. The molecule has 1 amide bonds. The molecule has 0 saturated carbocycles. The number of nitrogens with zero attached hydrogens (tertiary/aromatic N) is 3. The number of benzene rings is 3. The van der Waals surface area contributed by atoms with Crippen LogP contribution in [-0.2, 0) is 4.79 Å². The third kappa shape index (κ3) is 5.01. The number of thioether (sulfide) groups is 1. The van der Waals surface area contributed by atoms with E-state index in [1.165, 1.54) is 23.1 Å². The fourth-order valence-electron chi connectivity index (χ4n) is 4.69. The van der Waals surface area contributed by atoms with Crippen molar-refractivity contribution in [3.05, 3.63) is 100 Å². The van der Waals surface area contributed by atoms with Crippen LogP contribution >= 0.6 is 35.3 Å². The van der Waals surface area contributed by atoms with Gasteiger partial charge < -0.3 is 9.64 Å². The number of carbonyl (C=O) groups excluding carboxylic acids is 1. The van der Waals surface area contributed by atoms with E-state index in [0.29, 0.717) is 3.95 Å². The van der Waals surface area contributed by atoms with E-state index in [0.717, 1.165) is 38.2 Å². The highest BCUT2D eigenvalue weighted by Gasteiger charge is 2.40. The highest BCUT2D eigenvalue weighted by molar-refractivity contribution is 8.02. The predicted octanol–water partition coefficient (Wildman–Crippen LogP) is 7.73. The summed E-state index contributed by atoms with van der Waals surface area (Å²) in [5.74, 6) is 0.752. The molecule has 0 N–H and O–H groups in total. The monoisotopic (exact) mass is 545 g/mol. The van der Waals surface area contributed by atoms with E-state index >= 15 is 0 Å². The molecular formula is C29H27N3O2S3. The molecular weight excluding hydrogens is 519 g/mol. The van der Waals surface area contributed by atoms with E-state index < -0.39 is 10.8 Å². The van der Waals surface area contributed by atoms with Crippen LogP contribution in [0.5, 0.6) is 5.75 Å². The minimum Gasteiger partial charge on any atom is -0.497 e. The first kappa shape index (κ1) is 25.4. The predicted molar refractivity (Wildman–Crippen MR) is 156 cm³/mol. The van der Waals surface area contributed by atoms with Crippen LogP contribution in [0.15, 0.2) is 89.3 Å². The first-order valence-corrected chi connectivity index (χ1v) is 14.0. The Morgan fingerprint density at radius 1 is 1.05 bits per heavy atom. The van der Waals surface area contributed by atoms with Crippen LogP contribution in [0.1, 0.15) is 37.1 Å². The van der Waals surface area contributed by atoms with E-state index in [1.54, 1.807) is 11.8 Å². The van der Waals surface area contributed by atoms with Crippen molar-refractivity contribution < 1.29 is 9.53 Å². The summed E-state index contributed by atoms with van der Waals surface area (Å²) in [5.41, 5.74) is 4.28. The fraction of sp³-hybridized carbons (Fsp3) is 0.207. The van der Waals surface area contributed by atoms with E-state index in [-0.39, 0.29) is 5.91 Å². The maximum atomic E-state index is 14.5. The molecule has 0 fully saturated rings. The molecule has 0 saturated heterocycles. The summed E-state index contributed by atoms with van der Waals surface area (Å²) in [6, 6.07) is 25.6. The third-order valence-corrected chi connectivity index (χ3v) is 8.87. The van der Waals surface area contributed by atoms with Gasteiger partial charge in [0.2, 0.25) is 5.91 Å². The van der Waals surface area contributed by atoms with Crippen molar-refractivity contribution in [1.29, 1.82) is 0 Å². The largest absolute Gasteiger partial charge is 0.497 e. The summed E-state index contributed by atoms with van der Waals surface area (Å²) in [7, 11) is 1.65. The van der Waals surface area contributed by atoms with Gasteiger partial charge in [0, 0.05) is 5.56 Å². The Labute approximate surface area is 230 Å². The van der Waals surface area contributed by atoms with Gasteiger partial charge in [0.1, 0.15) is 11.0 Å². The minimum atomic E-state index is -0.521. The zero-order valence-electron chi connectivity index (χ0n) is 21.0. The Kier molecular flexibility index (Phi) is 7.07. The quantitative estimate of drug-likeness (QED) is 0.183. The molecule has 1 aromatic heterocycles. The summed E-state index contributed by atoms with van der Waals surface area (Å²) < 4.78 is 8.61. The maximum absolute atomic E-state index is 14.5. The van der Waals surface area contributed by atoms with Crippen LogP contribution in [0, 0.1) is 3.95 Å². The number of anilines is 1. The maximum Gasteiger partial charge on any atom is 0.245 e. The number of amides is 1. The molecule has 1 aliphatic rings. The van der Waals surface area contributed by atoms with Gasteiger partial charge in [-0.25, -0.2) is 4.68 Å². The molecule has 4 aromatic rings. The van der Waals surface area contributed by atoms with Crippen LogP contribution in [0.4, 0.5) is 5.69 Å². The zero-order valence-corrected chi connectivity index (χ0v) is 23.5. The van der Waals surface area contributed by atoms with Crippen molar-refractivity contribution in [2.75, 3.05) is 12.0 Å². The van der Waals surface area contributed by atoms with Gasteiger partial charge in [-0.1, -0.05) is 77.7 Å². The van der Waals surface area contributed by atoms with Gasteiger partial charge in [-0.15, -0.1) is 5.10 Å². The molecule has 37 heavy (non-hydrogen) atoms. The second-order valence-electron chi connectivity index (χ2n) is 9.33. The number of carbonyl (C=O) groups is 1. The highest BCUT2D eigenvalue weighted by atomic mass is 32.2. The van der Waals surface area contributed by atoms with Gasteiger partial charge in [-0.05, 0) is 74.5 Å². The van der Waals surface area contributed by atoms with Gasteiger partial charge in [0.05, 0.1) is 24.0 Å². The Morgan fingerprint density at radius 2 is 1.73 bits per heavy atom. The minimum absolute atomic E-state index is 0.0104. The van der Waals surface area contributed by atoms with Crippen molar-refractivity contribution in [2.45, 2.75) is 35.9 Å². The molecule has 1 aliphatic heterocycles. The summed E-state index contributed by atoms with van der Waals surface area (Å²) in [6.45, 7) is 6.22. The standard InChI is InChI=1S/C29H27N3O2S3/c1-19-18-29(2,3)31(24-16-15-22(34-4)17-23(19)24)26(33)25(20-11-7-5-8-12-20)36-27-30-32(28(35)37-27)21-13-9-6-10-14-21/h5-18,25H,1-4H3. The average Bonchev–Trinajstić information content (AvgIpc) is 3.27. The number of methoxy groups -OCH3 is 1. The van der Waals surface area contributed by atoms with Crippen molar-refractivity contribution in [2.24, 2.45) is 0 Å². The van der Waals surface area contributed by atoms with Gasteiger partial charge in [-0.3, -0.25) is 4.79 Å². The van der Waals surface area contributed by atoms with Crippen LogP contribution in [0.3, 0.4) is 0 Å². The van der Waals surface area contributed by atoms with E-state index in [1.807, 2.05) is 83.8 Å². The molecule has 5 nitrogen and oxygen atoms in total. The normalized spacial score (nSPS) is 15.0. The lowest BCUT2D eigenvalue weighted by molar-refractivity contribution is -0.119. The first-order chi connectivity index (χ1) is 17.8. The number of aromatic nitrogens is 2. The molecule has 0 radical (unpaired) electrons. The number of allylic oxidation sites excluding steroid dienone is 1. The number of fused-ring (bicyclic) bond motifs is 1. The van der Waals surface area contributed by atoms with Crippen LogP contribution in [0.25, 0.3) is 11.3 Å². The smallest absolute Gasteiger partial charge is 0.245 e. The zero-order chi connectivity index (χ0) is 26.2.